The van der Waals surface area contributed by atoms with Crippen molar-refractivity contribution in [3.63, 3.8) is 0 Å². The van der Waals surface area contributed by atoms with Crippen LogP contribution in [0.5, 0.6) is 0 Å². The molecule has 1 aromatic heterocycles. The van der Waals surface area contributed by atoms with Gasteiger partial charge in [-0.05, 0) is 13.8 Å². The molecular weight excluding hydrogens is 302 g/mol. The third kappa shape index (κ3) is 4.07. The third-order valence-corrected chi connectivity index (χ3v) is 3.42. The summed E-state index contributed by atoms with van der Waals surface area (Å²) in [5, 5.41) is 9.18. The van der Waals surface area contributed by atoms with E-state index in [1.54, 1.807) is 31.8 Å². The van der Waals surface area contributed by atoms with Gasteiger partial charge in [0.2, 0.25) is 5.91 Å². The normalized spacial score (nSPS) is 17.9. The minimum Gasteiger partial charge on any atom is -0.383 e. The van der Waals surface area contributed by atoms with Crippen molar-refractivity contribution < 1.29 is 19.1 Å². The molecule has 1 fully saturated rings. The van der Waals surface area contributed by atoms with Gasteiger partial charge in [-0.1, -0.05) is 0 Å². The van der Waals surface area contributed by atoms with Crippen LogP contribution in [-0.2, 0) is 20.9 Å². The van der Waals surface area contributed by atoms with Crippen LogP contribution in [0.25, 0.3) is 0 Å². The number of urea groups is 1. The Hall–Kier alpha value is -2.42. The number of hydrogen-bond donors (Lipinski definition) is 2. The van der Waals surface area contributed by atoms with E-state index in [1.165, 1.54) is 11.1 Å². The predicted octanol–water partition coefficient (Wildman–Crippen LogP) is 0.187. The van der Waals surface area contributed by atoms with Crippen molar-refractivity contribution >= 4 is 23.5 Å². The molecule has 2 N–H and O–H groups in total. The van der Waals surface area contributed by atoms with Gasteiger partial charge >= 0.3 is 6.03 Å². The Balaban J connectivity index is 1.89. The Labute approximate surface area is 134 Å². The van der Waals surface area contributed by atoms with E-state index in [1.807, 2.05) is 0 Å². The average molecular weight is 323 g/mol. The Bertz CT molecular complexity index is 598. The van der Waals surface area contributed by atoms with Gasteiger partial charge < -0.3 is 15.4 Å². The molecule has 126 valence electrons. The Kier molecular flexibility index (Phi) is 5.32. The summed E-state index contributed by atoms with van der Waals surface area (Å²) in [7, 11) is 1.59. The van der Waals surface area contributed by atoms with Crippen LogP contribution in [-0.4, -0.2) is 58.3 Å². The summed E-state index contributed by atoms with van der Waals surface area (Å²) in [5.41, 5.74) is 0.496. The molecule has 1 saturated heterocycles. The molecule has 0 saturated carbocycles. The van der Waals surface area contributed by atoms with Crippen molar-refractivity contribution in [3.05, 3.63) is 12.4 Å². The summed E-state index contributed by atoms with van der Waals surface area (Å²) in [6.07, 6.45) is 3.13. The standard InChI is InChI=1S/C14H21N5O4/c1-9(2)19-12(20)6-11(13(19)21)17-14(22)16-10-7-15-18(8-10)4-5-23-3/h7-9,11H,4-6H2,1-3H3,(H2,16,17,22)/t11-/m1/s1. The molecule has 0 aliphatic carbocycles. The van der Waals surface area contributed by atoms with Crippen LogP contribution < -0.4 is 10.6 Å². The second-order valence-corrected chi connectivity index (χ2v) is 5.54. The predicted molar refractivity (Wildman–Crippen MR) is 81.7 cm³/mol. The lowest BCUT2D eigenvalue weighted by molar-refractivity contribution is -0.140. The van der Waals surface area contributed by atoms with Crippen LogP contribution in [0.2, 0.25) is 0 Å². The van der Waals surface area contributed by atoms with Gasteiger partial charge in [-0.15, -0.1) is 0 Å². The van der Waals surface area contributed by atoms with Crippen molar-refractivity contribution in [2.75, 3.05) is 19.0 Å². The molecule has 1 atom stereocenters. The van der Waals surface area contributed by atoms with Gasteiger partial charge in [0, 0.05) is 19.3 Å². The van der Waals surface area contributed by atoms with Gasteiger partial charge in [-0.25, -0.2) is 4.79 Å². The molecule has 2 heterocycles. The molecule has 0 radical (unpaired) electrons. The number of nitrogens with one attached hydrogen (secondary N) is 2. The summed E-state index contributed by atoms with van der Waals surface area (Å²) in [4.78, 5) is 37.0. The number of ether oxygens (including phenoxy) is 1. The first kappa shape index (κ1) is 16.9. The molecule has 0 unspecified atom stereocenters. The number of aromatic nitrogens is 2. The molecule has 9 heteroatoms. The number of imide groups is 1. The summed E-state index contributed by atoms with van der Waals surface area (Å²) >= 11 is 0. The van der Waals surface area contributed by atoms with Crippen LogP contribution in [0.15, 0.2) is 12.4 Å². The molecule has 0 spiro atoms. The van der Waals surface area contributed by atoms with E-state index in [9.17, 15) is 14.4 Å². The molecule has 2 rings (SSSR count). The van der Waals surface area contributed by atoms with Crippen LogP contribution in [0.3, 0.4) is 0 Å². The molecule has 4 amide bonds. The van der Waals surface area contributed by atoms with E-state index in [2.05, 4.69) is 15.7 Å². The van der Waals surface area contributed by atoms with Gasteiger partial charge in [0.05, 0.1) is 31.5 Å². The average Bonchev–Trinajstić information content (AvgIpc) is 3.01. The van der Waals surface area contributed by atoms with E-state index in [4.69, 9.17) is 4.74 Å². The SMILES string of the molecule is COCCn1cc(NC(=O)N[C@@H]2CC(=O)N(C(C)C)C2=O)cn1. The second kappa shape index (κ2) is 7.23. The number of hydrogen-bond acceptors (Lipinski definition) is 5. The zero-order valence-electron chi connectivity index (χ0n) is 13.4. The summed E-state index contributed by atoms with van der Waals surface area (Å²) in [6.45, 7) is 4.59. The lowest BCUT2D eigenvalue weighted by Crippen LogP contribution is -2.45. The summed E-state index contributed by atoms with van der Waals surface area (Å²) in [5.74, 6) is -0.654. The van der Waals surface area contributed by atoms with E-state index >= 15 is 0 Å². The Morgan fingerprint density at radius 2 is 2.22 bits per heavy atom. The van der Waals surface area contributed by atoms with Crippen molar-refractivity contribution in [1.82, 2.24) is 20.0 Å². The molecular formula is C14H21N5O4. The lowest BCUT2D eigenvalue weighted by Gasteiger charge is -2.19. The molecule has 1 aromatic rings. The number of methoxy groups -OCH3 is 1. The minimum absolute atomic E-state index is 0.0163. The first-order chi connectivity index (χ1) is 10.9. The van der Waals surface area contributed by atoms with Gasteiger partial charge in [-0.2, -0.15) is 5.10 Å². The number of amides is 4. The zero-order valence-corrected chi connectivity index (χ0v) is 13.4. The van der Waals surface area contributed by atoms with Crippen LogP contribution in [0, 0.1) is 0 Å². The Morgan fingerprint density at radius 3 is 2.83 bits per heavy atom. The third-order valence-electron chi connectivity index (χ3n) is 3.42. The highest BCUT2D eigenvalue weighted by atomic mass is 16.5. The number of carbonyl (C=O) groups is 3. The van der Waals surface area contributed by atoms with Crippen molar-refractivity contribution in [1.29, 1.82) is 0 Å². The highest BCUT2D eigenvalue weighted by Crippen LogP contribution is 2.16. The number of rotatable bonds is 6. The summed E-state index contributed by atoms with van der Waals surface area (Å²) in [6, 6.07) is -1.59. The van der Waals surface area contributed by atoms with Crippen molar-refractivity contribution in [2.45, 2.75) is 38.9 Å². The van der Waals surface area contributed by atoms with E-state index in [0.717, 1.165) is 0 Å². The molecule has 1 aliphatic rings. The molecule has 23 heavy (non-hydrogen) atoms. The van der Waals surface area contributed by atoms with Crippen molar-refractivity contribution in [3.8, 4) is 0 Å². The lowest BCUT2D eigenvalue weighted by atomic mass is 10.2. The van der Waals surface area contributed by atoms with E-state index in [-0.39, 0.29) is 24.3 Å². The molecule has 0 bridgehead atoms. The van der Waals surface area contributed by atoms with Gasteiger partial charge in [0.25, 0.3) is 5.91 Å². The first-order valence-corrected chi connectivity index (χ1v) is 7.37. The maximum Gasteiger partial charge on any atom is 0.319 e. The molecule has 1 aliphatic heterocycles. The van der Waals surface area contributed by atoms with Crippen LogP contribution in [0.1, 0.15) is 20.3 Å². The quantitative estimate of drug-likeness (QED) is 0.727. The van der Waals surface area contributed by atoms with Gasteiger partial charge in [0.15, 0.2) is 0 Å². The fourth-order valence-corrected chi connectivity index (χ4v) is 2.37. The number of likely N-dealkylation sites (tertiary alicyclic amines) is 1. The molecule has 0 aromatic carbocycles. The van der Waals surface area contributed by atoms with E-state index < -0.39 is 12.1 Å². The maximum atomic E-state index is 12.1. The number of anilines is 1. The number of carbonyl (C=O) groups excluding carboxylic acids is 3. The Morgan fingerprint density at radius 1 is 1.48 bits per heavy atom. The highest BCUT2D eigenvalue weighted by Gasteiger charge is 2.40. The zero-order chi connectivity index (χ0) is 17.0. The van der Waals surface area contributed by atoms with Crippen LogP contribution in [0.4, 0.5) is 10.5 Å². The monoisotopic (exact) mass is 323 g/mol. The van der Waals surface area contributed by atoms with E-state index in [0.29, 0.717) is 18.8 Å². The minimum atomic E-state index is -0.826. The highest BCUT2D eigenvalue weighted by molar-refractivity contribution is 6.07. The molecule has 9 nitrogen and oxygen atoms in total. The fourth-order valence-electron chi connectivity index (χ4n) is 2.37. The summed E-state index contributed by atoms with van der Waals surface area (Å²) < 4.78 is 6.57. The fraction of sp³-hybridized carbons (Fsp3) is 0.571. The second-order valence-electron chi connectivity index (χ2n) is 5.54. The largest absolute Gasteiger partial charge is 0.383 e. The van der Waals surface area contributed by atoms with Crippen molar-refractivity contribution in [2.24, 2.45) is 0 Å². The first-order valence-electron chi connectivity index (χ1n) is 7.37. The smallest absolute Gasteiger partial charge is 0.319 e. The van der Waals surface area contributed by atoms with Gasteiger partial charge in [-0.3, -0.25) is 19.2 Å². The van der Waals surface area contributed by atoms with Crippen LogP contribution >= 0.6 is 0 Å². The topological polar surface area (TPSA) is 106 Å². The number of nitrogens with zero attached hydrogens (tertiary/aromatic N) is 3. The maximum absolute atomic E-state index is 12.1. The van der Waals surface area contributed by atoms with Gasteiger partial charge in [0.1, 0.15) is 6.04 Å².